The van der Waals surface area contributed by atoms with Crippen LogP contribution in [0.1, 0.15) is 42.9 Å². The molecule has 1 aliphatic rings. The lowest BCUT2D eigenvalue weighted by molar-refractivity contribution is -0.117. The summed E-state index contributed by atoms with van der Waals surface area (Å²) in [6.07, 6.45) is 2.86. The quantitative estimate of drug-likeness (QED) is 0.365. The van der Waals surface area contributed by atoms with Gasteiger partial charge in [-0.05, 0) is 36.3 Å². The van der Waals surface area contributed by atoms with Gasteiger partial charge in [-0.1, -0.05) is 59.9 Å². The second-order valence-electron chi connectivity index (χ2n) is 7.96. The summed E-state index contributed by atoms with van der Waals surface area (Å²) in [7, 11) is 2.49. The van der Waals surface area contributed by atoms with Crippen molar-refractivity contribution in [1.29, 1.82) is 0 Å². The number of nitrogens with zero attached hydrogens (tertiary/aromatic N) is 2. The van der Waals surface area contributed by atoms with Gasteiger partial charge in [-0.3, -0.25) is 14.5 Å². The van der Waals surface area contributed by atoms with E-state index in [1.165, 1.54) is 32.4 Å². The van der Waals surface area contributed by atoms with E-state index in [0.717, 1.165) is 21.8 Å². The van der Waals surface area contributed by atoms with Crippen molar-refractivity contribution in [2.75, 3.05) is 19.1 Å². The average molecular weight is 519 g/mol. The first-order chi connectivity index (χ1) is 17.8. The van der Waals surface area contributed by atoms with E-state index >= 15 is 0 Å². The highest BCUT2D eigenvalue weighted by molar-refractivity contribution is 7.17. The standard InChI is InChI=1S/C27H22N2O7S/c1-15-23(26(34)36-3)37-27(28-15)29-21(17-10-12-18(13-11-17)25(33)35-2)20(22(31)24(29)32)19(30)14-9-16-7-5-4-6-8-16/h4-14,21,31H,1-3H3/b14-9+. The summed E-state index contributed by atoms with van der Waals surface area (Å²) in [5.74, 6) is -3.32. The third-order valence-electron chi connectivity index (χ3n) is 5.71. The molecule has 1 aliphatic heterocycles. The number of esters is 2. The van der Waals surface area contributed by atoms with E-state index in [2.05, 4.69) is 4.98 Å². The number of aromatic nitrogens is 1. The van der Waals surface area contributed by atoms with Gasteiger partial charge in [0.25, 0.3) is 5.91 Å². The lowest BCUT2D eigenvalue weighted by Gasteiger charge is -2.24. The van der Waals surface area contributed by atoms with Crippen LogP contribution in [0.25, 0.3) is 6.08 Å². The van der Waals surface area contributed by atoms with Crippen LogP contribution in [-0.4, -0.2) is 47.9 Å². The minimum Gasteiger partial charge on any atom is -0.503 e. The number of aryl methyl sites for hydroxylation is 1. The number of hydrogen-bond donors (Lipinski definition) is 1. The van der Waals surface area contributed by atoms with Gasteiger partial charge < -0.3 is 14.6 Å². The Kier molecular flexibility index (Phi) is 7.30. The molecule has 0 aliphatic carbocycles. The first-order valence-electron chi connectivity index (χ1n) is 11.0. The highest BCUT2D eigenvalue weighted by Gasteiger charge is 2.45. The van der Waals surface area contributed by atoms with Gasteiger partial charge >= 0.3 is 11.9 Å². The minimum absolute atomic E-state index is 0.103. The number of benzene rings is 2. The largest absolute Gasteiger partial charge is 0.503 e. The Hall–Kier alpha value is -4.57. The Morgan fingerprint density at radius 3 is 2.27 bits per heavy atom. The van der Waals surface area contributed by atoms with Gasteiger partial charge in [0.15, 0.2) is 16.7 Å². The van der Waals surface area contributed by atoms with E-state index in [-0.39, 0.29) is 21.1 Å². The number of aliphatic hydroxyl groups excluding tert-OH is 1. The van der Waals surface area contributed by atoms with Crippen LogP contribution in [0.2, 0.25) is 0 Å². The molecule has 10 heteroatoms. The molecule has 37 heavy (non-hydrogen) atoms. The Morgan fingerprint density at radius 1 is 1.00 bits per heavy atom. The third-order valence-corrected chi connectivity index (χ3v) is 6.85. The first kappa shape index (κ1) is 25.5. The molecule has 1 aromatic heterocycles. The number of ketones is 1. The molecule has 4 rings (SSSR count). The van der Waals surface area contributed by atoms with E-state index < -0.39 is 35.4 Å². The Balaban J connectivity index is 1.81. The molecule has 0 radical (unpaired) electrons. The second kappa shape index (κ2) is 10.6. The van der Waals surface area contributed by atoms with Gasteiger partial charge in [-0.15, -0.1) is 0 Å². The molecule has 0 saturated carbocycles. The monoisotopic (exact) mass is 518 g/mol. The van der Waals surface area contributed by atoms with Gasteiger partial charge in [0.1, 0.15) is 4.88 Å². The fourth-order valence-corrected chi connectivity index (χ4v) is 4.89. The molecular formula is C27H22N2O7S. The third kappa shape index (κ3) is 4.91. The molecular weight excluding hydrogens is 496 g/mol. The highest BCUT2D eigenvalue weighted by atomic mass is 32.1. The van der Waals surface area contributed by atoms with Crippen LogP contribution >= 0.6 is 11.3 Å². The van der Waals surface area contributed by atoms with Gasteiger partial charge in [0, 0.05) is 0 Å². The van der Waals surface area contributed by atoms with Crippen molar-refractivity contribution in [3.8, 4) is 0 Å². The fraction of sp³-hybridized carbons (Fsp3) is 0.148. The number of anilines is 1. The number of aliphatic hydroxyl groups is 1. The number of methoxy groups -OCH3 is 2. The van der Waals surface area contributed by atoms with Gasteiger partial charge in [0.05, 0.1) is 37.1 Å². The summed E-state index contributed by atoms with van der Waals surface area (Å²) >= 11 is 0.908. The molecule has 0 spiro atoms. The second-order valence-corrected chi connectivity index (χ2v) is 8.94. The molecule has 0 fully saturated rings. The summed E-state index contributed by atoms with van der Waals surface area (Å²) in [5.41, 5.74) is 1.65. The van der Waals surface area contributed by atoms with Crippen LogP contribution in [0.5, 0.6) is 0 Å². The van der Waals surface area contributed by atoms with Crippen molar-refractivity contribution in [2.45, 2.75) is 13.0 Å². The normalized spacial score (nSPS) is 15.4. The van der Waals surface area contributed by atoms with Crippen molar-refractivity contribution in [1.82, 2.24) is 4.98 Å². The zero-order valence-electron chi connectivity index (χ0n) is 20.1. The predicted octanol–water partition coefficient (Wildman–Crippen LogP) is 4.21. The van der Waals surface area contributed by atoms with Crippen LogP contribution in [-0.2, 0) is 19.1 Å². The number of rotatable bonds is 7. The van der Waals surface area contributed by atoms with Crippen LogP contribution < -0.4 is 4.90 Å². The molecule has 188 valence electrons. The first-order valence-corrected chi connectivity index (χ1v) is 11.9. The van der Waals surface area contributed by atoms with Crippen LogP contribution in [0.15, 0.2) is 72.0 Å². The van der Waals surface area contributed by atoms with Crippen molar-refractivity contribution in [3.05, 3.63) is 99.3 Å². The molecule has 0 bridgehead atoms. The molecule has 0 saturated heterocycles. The summed E-state index contributed by atoms with van der Waals surface area (Å²) in [6, 6.07) is 14.1. The molecule has 2 heterocycles. The molecule has 3 aromatic rings. The van der Waals surface area contributed by atoms with Gasteiger partial charge in [-0.25, -0.2) is 14.6 Å². The van der Waals surface area contributed by atoms with E-state index in [1.54, 1.807) is 37.3 Å². The van der Waals surface area contributed by atoms with Crippen molar-refractivity contribution in [3.63, 3.8) is 0 Å². The number of carbonyl (C=O) groups excluding carboxylic acids is 4. The number of hydrogen-bond acceptors (Lipinski definition) is 9. The Labute approximate surface area is 216 Å². The van der Waals surface area contributed by atoms with Crippen molar-refractivity contribution in [2.24, 2.45) is 0 Å². The van der Waals surface area contributed by atoms with E-state index in [4.69, 9.17) is 9.47 Å². The molecule has 9 nitrogen and oxygen atoms in total. The molecule has 1 N–H and O–H groups in total. The minimum atomic E-state index is -1.07. The van der Waals surface area contributed by atoms with Crippen molar-refractivity contribution < 1.29 is 33.8 Å². The highest BCUT2D eigenvalue weighted by Crippen LogP contribution is 2.43. The number of amides is 1. The fourth-order valence-electron chi connectivity index (χ4n) is 3.88. The average Bonchev–Trinajstić information content (AvgIpc) is 3.43. The zero-order valence-corrected chi connectivity index (χ0v) is 20.9. The van der Waals surface area contributed by atoms with Gasteiger partial charge in [-0.2, -0.15) is 0 Å². The SMILES string of the molecule is COC(=O)c1ccc(C2C(C(=O)/C=C/c3ccccc3)=C(O)C(=O)N2c2nc(C)c(C(=O)OC)s2)cc1. The smallest absolute Gasteiger partial charge is 0.350 e. The summed E-state index contributed by atoms with van der Waals surface area (Å²) in [4.78, 5) is 56.4. The maximum atomic E-state index is 13.3. The number of ether oxygens (including phenoxy) is 2. The number of allylic oxidation sites excluding steroid dienone is 1. The lowest BCUT2D eigenvalue weighted by atomic mass is 9.95. The maximum absolute atomic E-state index is 13.3. The van der Waals surface area contributed by atoms with Crippen LogP contribution in [0.3, 0.4) is 0 Å². The molecule has 1 amide bonds. The van der Waals surface area contributed by atoms with Crippen LogP contribution in [0, 0.1) is 6.92 Å². The molecule has 1 unspecified atom stereocenters. The van der Waals surface area contributed by atoms with Gasteiger partial charge in [0.2, 0.25) is 0 Å². The molecule has 2 aromatic carbocycles. The predicted molar refractivity (Wildman–Crippen MR) is 136 cm³/mol. The maximum Gasteiger partial charge on any atom is 0.350 e. The lowest BCUT2D eigenvalue weighted by Crippen LogP contribution is -2.30. The van der Waals surface area contributed by atoms with Crippen molar-refractivity contribution >= 4 is 46.2 Å². The Morgan fingerprint density at radius 2 is 1.65 bits per heavy atom. The van der Waals surface area contributed by atoms with E-state index in [0.29, 0.717) is 11.3 Å². The topological polar surface area (TPSA) is 123 Å². The van der Waals surface area contributed by atoms with E-state index in [1.807, 2.05) is 18.2 Å². The summed E-state index contributed by atoms with van der Waals surface area (Å²) in [6.45, 7) is 1.59. The summed E-state index contributed by atoms with van der Waals surface area (Å²) < 4.78 is 9.53. The number of thiazole rings is 1. The van der Waals surface area contributed by atoms with E-state index in [9.17, 15) is 24.3 Å². The Bertz CT molecular complexity index is 1440. The zero-order chi connectivity index (χ0) is 26.7. The summed E-state index contributed by atoms with van der Waals surface area (Å²) in [5, 5.41) is 10.9. The van der Waals surface area contributed by atoms with Crippen LogP contribution in [0.4, 0.5) is 5.13 Å². The molecule has 1 atom stereocenters. The number of carbonyl (C=O) groups is 4.